The number of rotatable bonds is 5. The summed E-state index contributed by atoms with van der Waals surface area (Å²) in [6, 6.07) is 1.83. The van der Waals surface area contributed by atoms with Gasteiger partial charge in [-0.15, -0.1) is 12.4 Å². The van der Waals surface area contributed by atoms with Crippen molar-refractivity contribution >= 4 is 30.4 Å². The second-order valence-corrected chi connectivity index (χ2v) is 3.55. The van der Waals surface area contributed by atoms with Crippen molar-refractivity contribution in [3.05, 3.63) is 16.5 Å². The molecule has 0 radical (unpaired) electrons. The summed E-state index contributed by atoms with van der Waals surface area (Å²) >= 11 is 4.96. The molecule has 0 bridgehead atoms. The van der Waals surface area contributed by atoms with Crippen LogP contribution in [0.25, 0.3) is 0 Å². The number of aliphatic hydroxyl groups is 2. The van der Waals surface area contributed by atoms with E-state index in [1.165, 1.54) is 0 Å². The van der Waals surface area contributed by atoms with Crippen LogP contribution >= 0.6 is 24.6 Å². The monoisotopic (exact) mass is 265 g/mol. The fourth-order valence-corrected chi connectivity index (χ4v) is 1.56. The molecule has 0 atom stereocenters. The third kappa shape index (κ3) is 4.44. The van der Waals surface area contributed by atoms with Crippen molar-refractivity contribution < 1.29 is 10.2 Å². The van der Waals surface area contributed by atoms with Crippen LogP contribution in [0.15, 0.2) is 6.07 Å². The van der Waals surface area contributed by atoms with E-state index in [1.54, 1.807) is 4.90 Å². The Morgan fingerprint density at radius 2 is 1.94 bits per heavy atom. The number of nitrogens with one attached hydrogen (secondary N) is 1. The molecule has 0 amide bonds. The van der Waals surface area contributed by atoms with E-state index in [0.717, 1.165) is 5.69 Å². The van der Waals surface area contributed by atoms with Gasteiger partial charge in [0, 0.05) is 18.8 Å². The topological polar surface area (TPSA) is 72.4 Å². The van der Waals surface area contributed by atoms with Crippen molar-refractivity contribution in [1.29, 1.82) is 0 Å². The Labute approximate surface area is 106 Å². The summed E-state index contributed by atoms with van der Waals surface area (Å²) in [6.45, 7) is 2.80. The minimum absolute atomic E-state index is 0. The minimum atomic E-state index is 0. The number of aryl methyl sites for hydroxylation is 1. The van der Waals surface area contributed by atoms with Crippen molar-refractivity contribution in [3.63, 3.8) is 0 Å². The first-order chi connectivity index (χ1) is 7.17. The number of hydrogen-bond donors (Lipinski definition) is 3. The second-order valence-electron chi connectivity index (χ2n) is 3.16. The van der Waals surface area contributed by atoms with E-state index in [9.17, 15) is 0 Å². The highest BCUT2D eigenvalue weighted by molar-refractivity contribution is 7.71. The minimum Gasteiger partial charge on any atom is -0.395 e. The third-order valence-electron chi connectivity index (χ3n) is 1.93. The van der Waals surface area contributed by atoms with Crippen LogP contribution in [0, 0.1) is 11.7 Å². The Hall–Kier alpha value is -0.690. The number of aromatic amines is 1. The van der Waals surface area contributed by atoms with Gasteiger partial charge in [-0.3, -0.25) is 0 Å². The van der Waals surface area contributed by atoms with Gasteiger partial charge in [0.15, 0.2) is 4.77 Å². The van der Waals surface area contributed by atoms with Gasteiger partial charge in [0.05, 0.1) is 13.2 Å². The Morgan fingerprint density at radius 3 is 2.38 bits per heavy atom. The molecule has 0 aliphatic carbocycles. The first-order valence-electron chi connectivity index (χ1n) is 4.72. The predicted molar refractivity (Wildman–Crippen MR) is 67.8 cm³/mol. The quantitative estimate of drug-likeness (QED) is 0.683. The number of H-pyrrole nitrogens is 1. The second kappa shape index (κ2) is 7.56. The molecule has 92 valence electrons. The fraction of sp³-hybridized carbons (Fsp3) is 0.556. The van der Waals surface area contributed by atoms with E-state index in [-0.39, 0.29) is 25.6 Å². The smallest absolute Gasteiger partial charge is 0.198 e. The molecule has 0 saturated heterocycles. The van der Waals surface area contributed by atoms with Crippen molar-refractivity contribution in [1.82, 2.24) is 9.97 Å². The lowest BCUT2D eigenvalue weighted by molar-refractivity contribution is 0.280. The van der Waals surface area contributed by atoms with Gasteiger partial charge in [-0.25, -0.2) is 4.98 Å². The van der Waals surface area contributed by atoms with E-state index in [2.05, 4.69) is 9.97 Å². The molecule has 1 rings (SSSR count). The van der Waals surface area contributed by atoms with Crippen LogP contribution in [-0.4, -0.2) is 46.5 Å². The largest absolute Gasteiger partial charge is 0.395 e. The molecule has 1 aromatic rings. The molecule has 0 aromatic carbocycles. The molecule has 16 heavy (non-hydrogen) atoms. The zero-order valence-corrected chi connectivity index (χ0v) is 10.6. The maximum Gasteiger partial charge on any atom is 0.198 e. The van der Waals surface area contributed by atoms with Gasteiger partial charge >= 0.3 is 0 Å². The van der Waals surface area contributed by atoms with Crippen molar-refractivity contribution in [2.45, 2.75) is 6.92 Å². The maximum atomic E-state index is 8.88. The molecule has 0 unspecified atom stereocenters. The molecular formula is C9H16ClN3O2S. The van der Waals surface area contributed by atoms with Gasteiger partial charge in [-0.2, -0.15) is 0 Å². The number of halogens is 1. The summed E-state index contributed by atoms with van der Waals surface area (Å²) in [4.78, 5) is 8.82. The molecule has 0 aliphatic heterocycles. The highest BCUT2D eigenvalue weighted by Crippen LogP contribution is 2.10. The summed E-state index contributed by atoms with van der Waals surface area (Å²) < 4.78 is 0.408. The Balaban J connectivity index is 0.00000225. The molecule has 7 heteroatoms. The fourth-order valence-electron chi connectivity index (χ4n) is 1.31. The summed E-state index contributed by atoms with van der Waals surface area (Å²) in [5, 5.41) is 17.8. The summed E-state index contributed by atoms with van der Waals surface area (Å²) in [5.74, 6) is 0.680. The SMILES string of the molecule is Cc1cc(N(CCO)CCO)nc(=S)[nH]1.Cl. The van der Waals surface area contributed by atoms with Gasteiger partial charge in [0.25, 0.3) is 0 Å². The molecule has 1 aromatic heterocycles. The van der Waals surface area contributed by atoms with Gasteiger partial charge in [-0.1, -0.05) is 0 Å². The molecule has 0 fully saturated rings. The third-order valence-corrected chi connectivity index (χ3v) is 2.12. The van der Waals surface area contributed by atoms with E-state index in [4.69, 9.17) is 22.4 Å². The van der Waals surface area contributed by atoms with Crippen LogP contribution in [0.3, 0.4) is 0 Å². The van der Waals surface area contributed by atoms with Crippen molar-refractivity contribution in [2.75, 3.05) is 31.2 Å². The van der Waals surface area contributed by atoms with Gasteiger partial charge in [0.1, 0.15) is 5.82 Å². The average Bonchev–Trinajstić information content (AvgIpc) is 2.16. The molecule has 1 heterocycles. The number of aromatic nitrogens is 2. The first-order valence-corrected chi connectivity index (χ1v) is 5.13. The number of aliphatic hydroxyl groups excluding tert-OH is 2. The number of anilines is 1. The Kier molecular flexibility index (Phi) is 7.24. The van der Waals surface area contributed by atoms with Gasteiger partial charge in [-0.05, 0) is 25.2 Å². The van der Waals surface area contributed by atoms with Crippen LogP contribution in [0.5, 0.6) is 0 Å². The zero-order valence-electron chi connectivity index (χ0n) is 9.01. The highest BCUT2D eigenvalue weighted by Gasteiger charge is 2.07. The lowest BCUT2D eigenvalue weighted by Gasteiger charge is -2.21. The van der Waals surface area contributed by atoms with Crippen LogP contribution < -0.4 is 4.90 Å². The average molecular weight is 266 g/mol. The lowest BCUT2D eigenvalue weighted by atomic mass is 10.4. The molecule has 3 N–H and O–H groups in total. The predicted octanol–water partition coefficient (Wildman–Crippen LogP) is 0.660. The van der Waals surface area contributed by atoms with Gasteiger partial charge < -0.3 is 20.1 Å². The van der Waals surface area contributed by atoms with Crippen LogP contribution in [-0.2, 0) is 0 Å². The number of nitrogens with zero attached hydrogens (tertiary/aromatic N) is 2. The number of hydrogen-bond acceptors (Lipinski definition) is 5. The first kappa shape index (κ1) is 15.3. The van der Waals surface area contributed by atoms with E-state index < -0.39 is 0 Å². The highest BCUT2D eigenvalue weighted by atomic mass is 35.5. The lowest BCUT2D eigenvalue weighted by Crippen LogP contribution is -2.30. The molecule has 0 spiro atoms. The van der Waals surface area contributed by atoms with E-state index in [0.29, 0.717) is 23.7 Å². The zero-order chi connectivity index (χ0) is 11.3. The Morgan fingerprint density at radius 1 is 1.38 bits per heavy atom. The summed E-state index contributed by atoms with van der Waals surface area (Å²) in [6.07, 6.45) is 0. The normalized spacial score (nSPS) is 9.69. The van der Waals surface area contributed by atoms with Crippen LogP contribution in [0.4, 0.5) is 5.82 Å². The molecule has 0 aliphatic rings. The summed E-state index contributed by atoms with van der Waals surface area (Å²) in [7, 11) is 0. The van der Waals surface area contributed by atoms with Crippen LogP contribution in [0.1, 0.15) is 5.69 Å². The van der Waals surface area contributed by atoms with Crippen molar-refractivity contribution in [2.24, 2.45) is 0 Å². The standard InChI is InChI=1S/C9H15N3O2S.ClH/c1-7-6-8(11-9(15)10-7)12(2-4-13)3-5-14;/h6,13-14H,2-5H2,1H3,(H,10,11,15);1H. The molecule has 0 saturated carbocycles. The van der Waals surface area contributed by atoms with E-state index in [1.807, 2.05) is 13.0 Å². The maximum absolute atomic E-state index is 8.88. The molecular weight excluding hydrogens is 250 g/mol. The van der Waals surface area contributed by atoms with Crippen molar-refractivity contribution in [3.8, 4) is 0 Å². The van der Waals surface area contributed by atoms with Gasteiger partial charge in [0.2, 0.25) is 0 Å². The van der Waals surface area contributed by atoms with E-state index >= 15 is 0 Å². The van der Waals surface area contributed by atoms with Crippen LogP contribution in [0.2, 0.25) is 0 Å². The summed E-state index contributed by atoms with van der Waals surface area (Å²) in [5.41, 5.74) is 0.908. The Bertz CT molecular complexity index is 366. The molecule has 5 nitrogen and oxygen atoms in total.